The summed E-state index contributed by atoms with van der Waals surface area (Å²) in [4.78, 5) is 0. The molecule has 0 fully saturated rings. The summed E-state index contributed by atoms with van der Waals surface area (Å²) in [6.07, 6.45) is 3.06. The van der Waals surface area contributed by atoms with Crippen LogP contribution in [0.5, 0.6) is 11.5 Å². The second kappa shape index (κ2) is 4.34. The zero-order valence-corrected chi connectivity index (χ0v) is 10.0. The Balaban J connectivity index is 1.78. The van der Waals surface area contributed by atoms with E-state index in [1.165, 1.54) is 0 Å². The van der Waals surface area contributed by atoms with E-state index >= 15 is 0 Å². The Labute approximate surface area is 105 Å². The van der Waals surface area contributed by atoms with Crippen LogP contribution in [0, 0.1) is 6.92 Å². The Morgan fingerprint density at radius 1 is 1.39 bits per heavy atom. The van der Waals surface area contributed by atoms with Crippen LogP contribution in [0.25, 0.3) is 0 Å². The minimum absolute atomic E-state index is 0.243. The van der Waals surface area contributed by atoms with Crippen molar-refractivity contribution in [2.45, 2.75) is 19.6 Å². The molecule has 1 unspecified atom stereocenters. The zero-order chi connectivity index (χ0) is 12.5. The highest BCUT2D eigenvalue weighted by molar-refractivity contribution is 5.45. The lowest BCUT2D eigenvalue weighted by atomic mass is 10.1. The van der Waals surface area contributed by atoms with Crippen LogP contribution in [0.4, 0.5) is 0 Å². The number of fused-ring (bicyclic) bond motifs is 1. The summed E-state index contributed by atoms with van der Waals surface area (Å²) in [5, 5.41) is 14.3. The maximum atomic E-state index is 10.2. The molecule has 1 atom stereocenters. The van der Waals surface area contributed by atoms with Gasteiger partial charge in [0, 0.05) is 6.20 Å². The molecule has 5 heteroatoms. The molecule has 5 nitrogen and oxygen atoms in total. The monoisotopic (exact) mass is 246 g/mol. The highest BCUT2D eigenvalue weighted by Crippen LogP contribution is 2.34. The Morgan fingerprint density at radius 3 is 3.00 bits per heavy atom. The molecule has 18 heavy (non-hydrogen) atoms. The standard InChI is InChI=1S/C13H14N2O3/c1-9-5-14-15(6-9)7-11(16)10-2-3-12-13(4-10)18-8-17-12/h2-6,11,16H,7-8H2,1H3. The predicted octanol–water partition coefficient (Wildman–Crippen LogP) is 1.65. The molecular weight excluding hydrogens is 232 g/mol. The van der Waals surface area contributed by atoms with Crippen molar-refractivity contribution >= 4 is 0 Å². The Morgan fingerprint density at radius 2 is 2.22 bits per heavy atom. The molecule has 1 aromatic carbocycles. The largest absolute Gasteiger partial charge is 0.454 e. The van der Waals surface area contributed by atoms with Gasteiger partial charge in [0.05, 0.1) is 18.8 Å². The molecule has 0 spiro atoms. The maximum absolute atomic E-state index is 10.2. The number of benzene rings is 1. The van der Waals surface area contributed by atoms with Gasteiger partial charge in [-0.2, -0.15) is 5.10 Å². The van der Waals surface area contributed by atoms with Gasteiger partial charge in [-0.1, -0.05) is 6.07 Å². The van der Waals surface area contributed by atoms with E-state index < -0.39 is 6.10 Å². The van der Waals surface area contributed by atoms with Gasteiger partial charge in [0.25, 0.3) is 0 Å². The third-order valence-electron chi connectivity index (χ3n) is 2.90. The highest BCUT2D eigenvalue weighted by Gasteiger charge is 2.16. The van der Waals surface area contributed by atoms with Gasteiger partial charge in [-0.15, -0.1) is 0 Å². The third kappa shape index (κ3) is 2.04. The number of aryl methyl sites for hydroxylation is 1. The number of rotatable bonds is 3. The lowest BCUT2D eigenvalue weighted by Gasteiger charge is -2.11. The lowest BCUT2D eigenvalue weighted by Crippen LogP contribution is -2.09. The molecule has 0 amide bonds. The molecule has 94 valence electrons. The van der Waals surface area contributed by atoms with Crippen LogP contribution >= 0.6 is 0 Å². The summed E-state index contributed by atoms with van der Waals surface area (Å²) in [5.74, 6) is 1.41. The fourth-order valence-corrected chi connectivity index (χ4v) is 1.97. The molecule has 0 saturated heterocycles. The summed E-state index contributed by atoms with van der Waals surface area (Å²) in [5.41, 5.74) is 1.88. The first-order valence-electron chi connectivity index (χ1n) is 5.79. The van der Waals surface area contributed by atoms with Crippen molar-refractivity contribution in [2.24, 2.45) is 0 Å². The second-order valence-corrected chi connectivity index (χ2v) is 4.37. The molecule has 3 rings (SSSR count). The molecular formula is C13H14N2O3. The van der Waals surface area contributed by atoms with E-state index in [1.807, 2.05) is 31.3 Å². The highest BCUT2D eigenvalue weighted by atomic mass is 16.7. The number of aliphatic hydroxyl groups is 1. The van der Waals surface area contributed by atoms with Crippen molar-refractivity contribution in [2.75, 3.05) is 6.79 Å². The van der Waals surface area contributed by atoms with Crippen LogP contribution in [-0.2, 0) is 6.54 Å². The first-order chi connectivity index (χ1) is 8.72. The Bertz CT molecular complexity index is 565. The summed E-state index contributed by atoms with van der Waals surface area (Å²) in [6, 6.07) is 5.47. The third-order valence-corrected chi connectivity index (χ3v) is 2.90. The molecule has 2 aromatic rings. The maximum Gasteiger partial charge on any atom is 0.231 e. The molecule has 0 bridgehead atoms. The van der Waals surface area contributed by atoms with E-state index in [-0.39, 0.29) is 6.79 Å². The first-order valence-corrected chi connectivity index (χ1v) is 5.79. The van der Waals surface area contributed by atoms with Gasteiger partial charge in [0.1, 0.15) is 0 Å². The van der Waals surface area contributed by atoms with Crippen molar-refractivity contribution < 1.29 is 14.6 Å². The second-order valence-electron chi connectivity index (χ2n) is 4.37. The minimum Gasteiger partial charge on any atom is -0.454 e. The molecule has 1 N–H and O–H groups in total. The Hall–Kier alpha value is -2.01. The Kier molecular flexibility index (Phi) is 2.68. The van der Waals surface area contributed by atoms with Crippen LogP contribution in [0.1, 0.15) is 17.2 Å². The molecule has 2 heterocycles. The SMILES string of the molecule is Cc1cnn(CC(O)c2ccc3c(c2)OCO3)c1. The summed E-state index contributed by atoms with van der Waals surface area (Å²) in [6.45, 7) is 2.64. The quantitative estimate of drug-likeness (QED) is 0.894. The smallest absolute Gasteiger partial charge is 0.231 e. The zero-order valence-electron chi connectivity index (χ0n) is 10.0. The van der Waals surface area contributed by atoms with Gasteiger partial charge in [-0.25, -0.2) is 0 Å². The molecule has 0 aliphatic carbocycles. The van der Waals surface area contributed by atoms with E-state index in [2.05, 4.69) is 5.10 Å². The average Bonchev–Trinajstić information content (AvgIpc) is 2.96. The fraction of sp³-hybridized carbons (Fsp3) is 0.308. The van der Waals surface area contributed by atoms with Crippen molar-refractivity contribution in [3.63, 3.8) is 0 Å². The minimum atomic E-state index is -0.612. The molecule has 1 aliphatic rings. The van der Waals surface area contributed by atoms with Gasteiger partial charge in [0.15, 0.2) is 11.5 Å². The number of hydrogen-bond donors (Lipinski definition) is 1. The first kappa shape index (κ1) is 11.1. The molecule has 0 saturated carbocycles. The van der Waals surface area contributed by atoms with Crippen LogP contribution < -0.4 is 9.47 Å². The van der Waals surface area contributed by atoms with Gasteiger partial charge in [-0.05, 0) is 30.2 Å². The number of hydrogen-bond acceptors (Lipinski definition) is 4. The lowest BCUT2D eigenvalue weighted by molar-refractivity contribution is 0.150. The summed E-state index contributed by atoms with van der Waals surface area (Å²) >= 11 is 0. The van der Waals surface area contributed by atoms with Gasteiger partial charge in [-0.3, -0.25) is 4.68 Å². The number of aliphatic hydroxyl groups excluding tert-OH is 1. The fourth-order valence-electron chi connectivity index (χ4n) is 1.97. The summed E-state index contributed by atoms with van der Waals surface area (Å²) < 4.78 is 12.2. The molecule has 1 aliphatic heterocycles. The van der Waals surface area contributed by atoms with Crippen molar-refractivity contribution in [3.05, 3.63) is 41.7 Å². The van der Waals surface area contributed by atoms with E-state index in [1.54, 1.807) is 10.9 Å². The van der Waals surface area contributed by atoms with E-state index in [0.29, 0.717) is 12.3 Å². The number of aromatic nitrogens is 2. The topological polar surface area (TPSA) is 56.5 Å². The van der Waals surface area contributed by atoms with Crippen LogP contribution in [-0.4, -0.2) is 21.7 Å². The van der Waals surface area contributed by atoms with Crippen LogP contribution in [0.2, 0.25) is 0 Å². The number of ether oxygens (including phenoxy) is 2. The van der Waals surface area contributed by atoms with Gasteiger partial charge in [0.2, 0.25) is 6.79 Å². The van der Waals surface area contributed by atoms with E-state index in [9.17, 15) is 5.11 Å². The van der Waals surface area contributed by atoms with Gasteiger partial charge < -0.3 is 14.6 Å². The van der Waals surface area contributed by atoms with Crippen molar-refractivity contribution in [3.8, 4) is 11.5 Å². The number of nitrogens with zero attached hydrogens (tertiary/aromatic N) is 2. The van der Waals surface area contributed by atoms with Crippen molar-refractivity contribution in [1.82, 2.24) is 9.78 Å². The van der Waals surface area contributed by atoms with Crippen LogP contribution in [0.15, 0.2) is 30.6 Å². The normalized spacial score (nSPS) is 14.8. The predicted molar refractivity (Wildman–Crippen MR) is 64.5 cm³/mol. The molecule has 0 radical (unpaired) electrons. The average molecular weight is 246 g/mol. The van der Waals surface area contributed by atoms with Crippen LogP contribution in [0.3, 0.4) is 0 Å². The van der Waals surface area contributed by atoms with E-state index in [4.69, 9.17) is 9.47 Å². The van der Waals surface area contributed by atoms with E-state index in [0.717, 1.165) is 16.9 Å². The van der Waals surface area contributed by atoms with Gasteiger partial charge >= 0.3 is 0 Å². The molecule has 1 aromatic heterocycles. The van der Waals surface area contributed by atoms with Crippen molar-refractivity contribution in [1.29, 1.82) is 0 Å². The summed E-state index contributed by atoms with van der Waals surface area (Å²) in [7, 11) is 0.